The number of rotatable bonds is 10. The largest absolute Gasteiger partial charge is 0.461 e. The van der Waals surface area contributed by atoms with E-state index in [1.165, 1.54) is 11.3 Å². The molecule has 9 heteroatoms. The number of ether oxygens (including phenoxy) is 1. The zero-order chi connectivity index (χ0) is 18.4. The Hall–Kier alpha value is -0.320. The lowest BCUT2D eigenvalue weighted by molar-refractivity contribution is -0.267. The van der Waals surface area contributed by atoms with Gasteiger partial charge in [-0.15, -0.1) is 29.3 Å². The van der Waals surface area contributed by atoms with Gasteiger partial charge in [0, 0.05) is 0 Å². The van der Waals surface area contributed by atoms with Crippen LogP contribution in [-0.2, 0) is 9.62 Å². The monoisotopic (exact) mass is 514 g/mol. The summed E-state index contributed by atoms with van der Waals surface area (Å²) in [7, 11) is 0. The van der Waals surface area contributed by atoms with Crippen LogP contribution in [-0.4, -0.2) is 23.9 Å². The van der Waals surface area contributed by atoms with Crippen LogP contribution in [0.4, 0.5) is 4.39 Å². The Balaban J connectivity index is 1.75. The van der Waals surface area contributed by atoms with E-state index in [0.717, 1.165) is 34.4 Å². The quantitative estimate of drug-likeness (QED) is 0.124. The van der Waals surface area contributed by atoms with E-state index in [-0.39, 0.29) is 17.6 Å². The molecule has 0 saturated heterocycles. The van der Waals surface area contributed by atoms with Crippen molar-refractivity contribution < 1.29 is 24.1 Å². The maximum absolute atomic E-state index is 14.4. The molecule has 0 aromatic carbocycles. The van der Waals surface area contributed by atoms with Crippen LogP contribution in [0.1, 0.15) is 41.8 Å². The highest BCUT2D eigenvalue weighted by Gasteiger charge is 2.24. The van der Waals surface area contributed by atoms with Crippen molar-refractivity contribution in [2.24, 2.45) is 0 Å². The van der Waals surface area contributed by atoms with Crippen molar-refractivity contribution in [3.05, 3.63) is 30.9 Å². The molecule has 0 aliphatic carbocycles. The molecule has 0 aliphatic heterocycles. The summed E-state index contributed by atoms with van der Waals surface area (Å²) in [6.45, 7) is 3.82. The molecule has 2 aromatic heterocycles. The molecule has 2 aromatic rings. The zero-order valence-electron chi connectivity index (χ0n) is 13.2. The normalized spacial score (nSPS) is 12.5. The van der Waals surface area contributed by atoms with E-state index in [0.29, 0.717) is 26.7 Å². The van der Waals surface area contributed by atoms with Gasteiger partial charge in [0.05, 0.1) is 24.3 Å². The van der Waals surface area contributed by atoms with Gasteiger partial charge < -0.3 is 4.74 Å². The molecule has 1 unspecified atom stereocenters. The summed E-state index contributed by atoms with van der Waals surface area (Å²) in [4.78, 5) is 16.3. The molecule has 0 saturated carbocycles. The van der Waals surface area contributed by atoms with Crippen LogP contribution in [0.15, 0.2) is 20.2 Å². The van der Waals surface area contributed by atoms with Crippen molar-refractivity contribution in [3.8, 4) is 0 Å². The minimum atomic E-state index is -0.622. The van der Waals surface area contributed by atoms with E-state index < -0.39 is 11.8 Å². The number of hydrogen-bond donors (Lipinski definition) is 1. The SMILES string of the molecule is C=CC(CCCCCCOC(=O)c1sc2c(Br)sc(Br)c2c1F)OO. The Morgan fingerprint density at radius 2 is 1.96 bits per heavy atom. The fourth-order valence-corrected chi connectivity index (χ4v) is 6.72. The third-order valence-electron chi connectivity index (χ3n) is 3.60. The first-order valence-corrected chi connectivity index (χ1v) is 10.9. The van der Waals surface area contributed by atoms with Crippen LogP contribution in [0.25, 0.3) is 10.1 Å². The summed E-state index contributed by atoms with van der Waals surface area (Å²) in [6.07, 6.45) is 5.29. The fourth-order valence-electron chi connectivity index (χ4n) is 2.28. The molecule has 0 bridgehead atoms. The first-order chi connectivity index (χ1) is 12.0. The molecule has 138 valence electrons. The lowest BCUT2D eigenvalue weighted by Gasteiger charge is -2.07. The summed E-state index contributed by atoms with van der Waals surface area (Å²) >= 11 is 9.16. The standard InChI is InChI=1S/C16H17Br2FO4S2/c1-2-9(23-21)7-5-3-4-6-8-22-16(20)13-11(19)10-12(24-13)15(18)25-14(10)17/h2,9,21H,1,3-8H2. The second-order valence-corrected chi connectivity index (χ2v) is 9.99. The van der Waals surface area contributed by atoms with Crippen LogP contribution < -0.4 is 0 Å². The summed E-state index contributed by atoms with van der Waals surface area (Å²) in [5, 5.41) is 8.99. The number of carbonyl (C=O) groups excluding carboxylic acids is 1. The van der Waals surface area contributed by atoms with Gasteiger partial charge >= 0.3 is 5.97 Å². The predicted molar refractivity (Wildman–Crippen MR) is 106 cm³/mol. The number of unbranched alkanes of at least 4 members (excludes halogenated alkanes) is 3. The van der Waals surface area contributed by atoms with Crippen LogP contribution in [0.5, 0.6) is 0 Å². The summed E-state index contributed by atoms with van der Waals surface area (Å²) in [5.74, 6) is -1.15. The van der Waals surface area contributed by atoms with Crippen molar-refractivity contribution in [2.75, 3.05) is 6.61 Å². The van der Waals surface area contributed by atoms with Crippen molar-refractivity contribution in [1.29, 1.82) is 0 Å². The maximum atomic E-state index is 14.4. The Morgan fingerprint density at radius 3 is 2.60 bits per heavy atom. The van der Waals surface area contributed by atoms with E-state index in [1.807, 2.05) is 0 Å². The van der Waals surface area contributed by atoms with Gasteiger partial charge in [-0.1, -0.05) is 25.3 Å². The molecule has 2 heterocycles. The van der Waals surface area contributed by atoms with Gasteiger partial charge in [-0.3, -0.25) is 5.26 Å². The number of hydrogen-bond acceptors (Lipinski definition) is 6. The summed E-state index contributed by atoms with van der Waals surface area (Å²) in [6, 6.07) is 0. The molecule has 2 rings (SSSR count). The maximum Gasteiger partial charge on any atom is 0.351 e. The van der Waals surface area contributed by atoms with Crippen molar-refractivity contribution in [3.63, 3.8) is 0 Å². The summed E-state index contributed by atoms with van der Waals surface area (Å²) < 4.78 is 21.7. The van der Waals surface area contributed by atoms with E-state index >= 15 is 0 Å². The van der Waals surface area contributed by atoms with Gasteiger partial charge in [0.2, 0.25) is 0 Å². The molecule has 1 atom stereocenters. The molecule has 0 radical (unpaired) electrons. The molecule has 0 spiro atoms. The third-order valence-corrected chi connectivity index (χ3v) is 7.69. The smallest absolute Gasteiger partial charge is 0.351 e. The highest BCUT2D eigenvalue weighted by Crippen LogP contribution is 2.45. The molecule has 4 nitrogen and oxygen atoms in total. The van der Waals surface area contributed by atoms with Gasteiger partial charge in [0.15, 0.2) is 5.82 Å². The molecule has 0 fully saturated rings. The third kappa shape index (κ3) is 5.33. The Morgan fingerprint density at radius 1 is 1.24 bits per heavy atom. The molecule has 25 heavy (non-hydrogen) atoms. The second kappa shape index (κ2) is 10.1. The van der Waals surface area contributed by atoms with Crippen molar-refractivity contribution in [1.82, 2.24) is 0 Å². The lowest BCUT2D eigenvalue weighted by atomic mass is 10.1. The predicted octanol–water partition coefficient (Wildman–Crippen LogP) is 6.78. The number of carbonyl (C=O) groups is 1. The second-order valence-electron chi connectivity index (χ2n) is 5.32. The Kier molecular flexibility index (Phi) is 8.50. The van der Waals surface area contributed by atoms with E-state index in [1.54, 1.807) is 6.08 Å². The highest BCUT2D eigenvalue weighted by atomic mass is 79.9. The number of thiophene rings is 2. The van der Waals surface area contributed by atoms with Crippen molar-refractivity contribution in [2.45, 2.75) is 38.2 Å². The topological polar surface area (TPSA) is 55.8 Å². The minimum Gasteiger partial charge on any atom is -0.461 e. The van der Waals surface area contributed by atoms with Gasteiger partial charge in [-0.25, -0.2) is 14.1 Å². The molecular formula is C16H17Br2FO4S2. The zero-order valence-corrected chi connectivity index (χ0v) is 18.0. The van der Waals surface area contributed by atoms with Crippen LogP contribution in [0, 0.1) is 5.82 Å². The van der Waals surface area contributed by atoms with Gasteiger partial charge in [0.25, 0.3) is 0 Å². The number of esters is 1. The van der Waals surface area contributed by atoms with Gasteiger partial charge in [-0.05, 0) is 44.7 Å². The lowest BCUT2D eigenvalue weighted by Crippen LogP contribution is -2.07. The Labute approximate surface area is 169 Å². The molecule has 0 aliphatic rings. The molecule has 1 N–H and O–H groups in total. The number of halogens is 3. The molecule has 0 amide bonds. The van der Waals surface area contributed by atoms with Gasteiger partial charge in [-0.2, -0.15) is 0 Å². The molecular weight excluding hydrogens is 499 g/mol. The first kappa shape index (κ1) is 21.0. The van der Waals surface area contributed by atoms with Crippen LogP contribution in [0.3, 0.4) is 0 Å². The first-order valence-electron chi connectivity index (χ1n) is 7.65. The average molecular weight is 516 g/mol. The van der Waals surface area contributed by atoms with Gasteiger partial charge in [0.1, 0.15) is 11.0 Å². The average Bonchev–Trinajstić information content (AvgIpc) is 3.08. The van der Waals surface area contributed by atoms with E-state index in [4.69, 9.17) is 9.99 Å². The van der Waals surface area contributed by atoms with Crippen LogP contribution in [0.2, 0.25) is 0 Å². The Bertz CT molecular complexity index is 744. The summed E-state index contributed by atoms with van der Waals surface area (Å²) in [5.41, 5.74) is 0. The minimum absolute atomic E-state index is 0.00752. The van der Waals surface area contributed by atoms with Crippen LogP contribution >= 0.6 is 54.5 Å². The fraction of sp³-hybridized carbons (Fsp3) is 0.438. The highest BCUT2D eigenvalue weighted by molar-refractivity contribution is 9.12. The number of fused-ring (bicyclic) bond motifs is 1. The van der Waals surface area contributed by atoms with Crippen molar-refractivity contribution >= 4 is 70.6 Å². The van der Waals surface area contributed by atoms with E-state index in [9.17, 15) is 9.18 Å². The van der Waals surface area contributed by atoms with E-state index in [2.05, 4.69) is 43.3 Å².